The second-order valence-electron chi connectivity index (χ2n) is 2.65. The number of aliphatic hydroxyl groups excluding tert-OH is 1. The molecule has 1 atom stereocenters. The summed E-state index contributed by atoms with van der Waals surface area (Å²) in [4.78, 5) is 3.71. The van der Waals surface area contributed by atoms with E-state index in [9.17, 15) is 9.50 Å². The van der Waals surface area contributed by atoms with Crippen molar-refractivity contribution in [2.45, 2.75) is 13.0 Å². The van der Waals surface area contributed by atoms with E-state index in [0.29, 0.717) is 11.3 Å². The van der Waals surface area contributed by atoms with Crippen molar-refractivity contribution in [1.82, 2.24) is 4.98 Å². The van der Waals surface area contributed by atoms with Gasteiger partial charge in [0, 0.05) is 0 Å². The van der Waals surface area contributed by atoms with Crippen molar-refractivity contribution >= 4 is 0 Å². The average molecular weight is 167 g/mol. The zero-order valence-corrected chi connectivity index (χ0v) is 6.79. The molecule has 0 spiro atoms. The first-order valence-corrected chi connectivity index (χ1v) is 3.56. The molecular weight excluding hydrogens is 157 g/mol. The van der Waals surface area contributed by atoms with Gasteiger partial charge in [0.2, 0.25) is 0 Å². The summed E-state index contributed by atoms with van der Waals surface area (Å²) in [5.41, 5.74) is 1.01. The van der Waals surface area contributed by atoms with Gasteiger partial charge in [-0.05, 0) is 24.6 Å². The lowest BCUT2D eigenvalue weighted by Gasteiger charge is -2.08. The van der Waals surface area contributed by atoms with E-state index >= 15 is 0 Å². The molecule has 0 aliphatic heterocycles. The van der Waals surface area contributed by atoms with E-state index in [4.69, 9.17) is 0 Å². The van der Waals surface area contributed by atoms with Crippen molar-refractivity contribution in [3.05, 3.63) is 42.0 Å². The molecule has 0 amide bonds. The van der Waals surface area contributed by atoms with E-state index in [2.05, 4.69) is 11.6 Å². The number of pyridine rings is 1. The van der Waals surface area contributed by atoms with Crippen LogP contribution in [0.4, 0.5) is 4.39 Å². The number of aliphatic hydroxyl groups is 1. The fourth-order valence-electron chi connectivity index (χ4n) is 0.801. The SMILES string of the molecule is C=C(C)C(O)c1ccc(F)cn1. The molecule has 0 aliphatic rings. The molecule has 0 aromatic carbocycles. The van der Waals surface area contributed by atoms with Crippen LogP contribution in [0.25, 0.3) is 0 Å². The Morgan fingerprint density at radius 3 is 2.75 bits per heavy atom. The van der Waals surface area contributed by atoms with Gasteiger partial charge in [0.25, 0.3) is 0 Å². The van der Waals surface area contributed by atoms with E-state index < -0.39 is 11.9 Å². The van der Waals surface area contributed by atoms with Crippen LogP contribution in [0.1, 0.15) is 18.7 Å². The van der Waals surface area contributed by atoms with Crippen LogP contribution in [0.3, 0.4) is 0 Å². The van der Waals surface area contributed by atoms with Crippen LogP contribution in [0.5, 0.6) is 0 Å². The predicted molar refractivity (Wildman–Crippen MR) is 44.0 cm³/mol. The summed E-state index contributed by atoms with van der Waals surface area (Å²) in [5, 5.41) is 9.40. The Morgan fingerprint density at radius 2 is 2.33 bits per heavy atom. The lowest BCUT2D eigenvalue weighted by atomic mass is 10.1. The van der Waals surface area contributed by atoms with Gasteiger partial charge in [-0.25, -0.2) is 4.39 Å². The molecule has 0 fully saturated rings. The highest BCUT2D eigenvalue weighted by Crippen LogP contribution is 2.16. The van der Waals surface area contributed by atoms with Crippen LogP contribution in [-0.4, -0.2) is 10.1 Å². The zero-order chi connectivity index (χ0) is 9.14. The molecule has 1 rings (SSSR count). The Bertz CT molecular complexity index is 281. The van der Waals surface area contributed by atoms with Crippen molar-refractivity contribution in [2.75, 3.05) is 0 Å². The highest BCUT2D eigenvalue weighted by atomic mass is 19.1. The third-order valence-electron chi connectivity index (χ3n) is 1.50. The van der Waals surface area contributed by atoms with Gasteiger partial charge < -0.3 is 5.11 Å². The normalized spacial score (nSPS) is 12.6. The number of halogens is 1. The van der Waals surface area contributed by atoms with Gasteiger partial charge in [-0.15, -0.1) is 0 Å². The monoisotopic (exact) mass is 167 g/mol. The van der Waals surface area contributed by atoms with E-state index in [1.165, 1.54) is 12.1 Å². The maximum absolute atomic E-state index is 12.4. The van der Waals surface area contributed by atoms with Crippen molar-refractivity contribution < 1.29 is 9.50 Å². The minimum absolute atomic E-state index is 0.410. The van der Waals surface area contributed by atoms with Gasteiger partial charge in [0.1, 0.15) is 11.9 Å². The third-order valence-corrected chi connectivity index (χ3v) is 1.50. The molecule has 0 bridgehead atoms. The second-order valence-corrected chi connectivity index (χ2v) is 2.65. The summed E-state index contributed by atoms with van der Waals surface area (Å²) >= 11 is 0. The van der Waals surface area contributed by atoms with Gasteiger partial charge >= 0.3 is 0 Å². The highest BCUT2D eigenvalue weighted by molar-refractivity contribution is 5.16. The molecule has 3 heteroatoms. The Balaban J connectivity index is 2.89. The lowest BCUT2D eigenvalue weighted by molar-refractivity contribution is 0.211. The quantitative estimate of drug-likeness (QED) is 0.681. The predicted octanol–water partition coefficient (Wildman–Crippen LogP) is 1.83. The number of hydrogen-bond donors (Lipinski definition) is 1. The molecule has 64 valence electrons. The minimum Gasteiger partial charge on any atom is -0.382 e. The van der Waals surface area contributed by atoms with Crippen LogP contribution in [0.15, 0.2) is 30.5 Å². The number of nitrogens with zero attached hydrogens (tertiary/aromatic N) is 1. The van der Waals surface area contributed by atoms with Crippen LogP contribution >= 0.6 is 0 Å². The molecule has 0 radical (unpaired) electrons. The van der Waals surface area contributed by atoms with E-state index in [-0.39, 0.29) is 0 Å². The summed E-state index contributed by atoms with van der Waals surface area (Å²) in [5.74, 6) is -0.410. The number of hydrogen-bond acceptors (Lipinski definition) is 2. The summed E-state index contributed by atoms with van der Waals surface area (Å²) < 4.78 is 12.4. The molecule has 0 aliphatic carbocycles. The summed E-state index contributed by atoms with van der Waals surface area (Å²) in [6, 6.07) is 2.70. The van der Waals surface area contributed by atoms with Crippen LogP contribution < -0.4 is 0 Å². The number of rotatable bonds is 2. The Labute approximate surface area is 70.4 Å². The van der Waals surface area contributed by atoms with Gasteiger partial charge in [-0.1, -0.05) is 6.58 Å². The van der Waals surface area contributed by atoms with Gasteiger partial charge in [0.05, 0.1) is 11.9 Å². The van der Waals surface area contributed by atoms with Crippen molar-refractivity contribution in [3.63, 3.8) is 0 Å². The fourth-order valence-corrected chi connectivity index (χ4v) is 0.801. The van der Waals surface area contributed by atoms with Gasteiger partial charge in [0.15, 0.2) is 0 Å². The highest BCUT2D eigenvalue weighted by Gasteiger charge is 2.08. The maximum atomic E-state index is 12.4. The van der Waals surface area contributed by atoms with Crippen LogP contribution in [-0.2, 0) is 0 Å². The van der Waals surface area contributed by atoms with Crippen LogP contribution in [0, 0.1) is 5.82 Å². The first kappa shape index (κ1) is 8.87. The molecule has 1 unspecified atom stereocenters. The molecule has 12 heavy (non-hydrogen) atoms. The van der Waals surface area contributed by atoms with E-state index in [1.807, 2.05) is 0 Å². The van der Waals surface area contributed by atoms with Crippen molar-refractivity contribution in [1.29, 1.82) is 0 Å². The minimum atomic E-state index is -0.800. The first-order valence-electron chi connectivity index (χ1n) is 3.56. The molecule has 0 saturated carbocycles. The fraction of sp³-hybridized carbons (Fsp3) is 0.222. The lowest BCUT2D eigenvalue weighted by Crippen LogP contribution is -2.00. The third kappa shape index (κ3) is 1.89. The zero-order valence-electron chi connectivity index (χ0n) is 6.79. The Kier molecular flexibility index (Phi) is 2.55. The Hall–Kier alpha value is -1.22. The molecule has 2 nitrogen and oxygen atoms in total. The van der Waals surface area contributed by atoms with E-state index in [0.717, 1.165) is 6.20 Å². The molecule has 0 saturated heterocycles. The molecule has 1 N–H and O–H groups in total. The summed E-state index contributed by atoms with van der Waals surface area (Å²) in [6.07, 6.45) is 0.271. The standard InChI is InChI=1S/C9H10FNO/c1-6(2)9(12)8-4-3-7(10)5-11-8/h3-5,9,12H,1H2,2H3. The van der Waals surface area contributed by atoms with E-state index in [1.54, 1.807) is 6.92 Å². The second kappa shape index (κ2) is 3.45. The van der Waals surface area contributed by atoms with Gasteiger partial charge in [-0.3, -0.25) is 4.98 Å². The smallest absolute Gasteiger partial charge is 0.141 e. The van der Waals surface area contributed by atoms with Crippen molar-refractivity contribution in [3.8, 4) is 0 Å². The maximum Gasteiger partial charge on any atom is 0.141 e. The number of aromatic nitrogens is 1. The first-order chi connectivity index (χ1) is 5.61. The average Bonchev–Trinajstić information content (AvgIpc) is 2.04. The summed E-state index contributed by atoms with van der Waals surface area (Å²) in [6.45, 7) is 5.26. The largest absolute Gasteiger partial charge is 0.382 e. The molecule has 1 aromatic heterocycles. The molecule has 1 aromatic rings. The molecular formula is C9H10FNO. The Morgan fingerprint density at radius 1 is 1.67 bits per heavy atom. The molecule has 1 heterocycles. The topological polar surface area (TPSA) is 33.1 Å². The summed E-state index contributed by atoms with van der Waals surface area (Å²) in [7, 11) is 0. The van der Waals surface area contributed by atoms with Gasteiger partial charge in [-0.2, -0.15) is 0 Å². The van der Waals surface area contributed by atoms with Crippen LogP contribution in [0.2, 0.25) is 0 Å². The van der Waals surface area contributed by atoms with Crippen molar-refractivity contribution in [2.24, 2.45) is 0 Å².